The second-order valence-corrected chi connectivity index (χ2v) is 3.89. The van der Waals surface area contributed by atoms with Crippen LogP contribution in [0.4, 0.5) is 0 Å². The summed E-state index contributed by atoms with van der Waals surface area (Å²) in [4.78, 5) is 0. The second-order valence-electron chi connectivity index (χ2n) is 3.89. The fraction of sp³-hybridized carbons (Fsp3) is 0.429. The molecule has 1 aromatic rings. The van der Waals surface area contributed by atoms with Gasteiger partial charge in [0.2, 0.25) is 0 Å². The molecule has 18 heavy (non-hydrogen) atoms. The summed E-state index contributed by atoms with van der Waals surface area (Å²) in [6.45, 7) is 4.15. The summed E-state index contributed by atoms with van der Waals surface area (Å²) in [6.07, 6.45) is 1.94. The number of allylic oxidation sites excluding steroid dienone is 1. The van der Waals surface area contributed by atoms with Crippen molar-refractivity contribution in [1.82, 2.24) is 0 Å². The molecule has 0 fully saturated rings. The largest absolute Gasteiger partial charge is 0.496 e. The van der Waals surface area contributed by atoms with E-state index in [1.807, 2.05) is 18.2 Å². The zero-order valence-electron chi connectivity index (χ0n) is 10.9. The van der Waals surface area contributed by atoms with Crippen LogP contribution in [0.15, 0.2) is 30.9 Å². The van der Waals surface area contributed by atoms with Gasteiger partial charge in [-0.3, -0.25) is 0 Å². The van der Waals surface area contributed by atoms with Gasteiger partial charge in [0.1, 0.15) is 24.2 Å². The van der Waals surface area contributed by atoms with Gasteiger partial charge in [0.15, 0.2) is 0 Å². The summed E-state index contributed by atoms with van der Waals surface area (Å²) in [5.41, 5.74) is 1.05. The van der Waals surface area contributed by atoms with E-state index >= 15 is 0 Å². The SMILES string of the molecule is C=CCc1ccc(OCC(O)COC)cc1OC. The molecule has 4 nitrogen and oxygen atoms in total. The lowest BCUT2D eigenvalue weighted by Gasteiger charge is -2.13. The van der Waals surface area contributed by atoms with Gasteiger partial charge in [-0.2, -0.15) is 0 Å². The van der Waals surface area contributed by atoms with Crippen LogP contribution in [0.25, 0.3) is 0 Å². The molecule has 4 heteroatoms. The highest BCUT2D eigenvalue weighted by Gasteiger charge is 2.07. The molecule has 1 atom stereocenters. The Balaban J connectivity index is 2.64. The Morgan fingerprint density at radius 1 is 1.33 bits per heavy atom. The van der Waals surface area contributed by atoms with Crippen LogP contribution in [0.3, 0.4) is 0 Å². The van der Waals surface area contributed by atoms with Crippen molar-refractivity contribution in [1.29, 1.82) is 0 Å². The van der Waals surface area contributed by atoms with Gasteiger partial charge in [-0.1, -0.05) is 12.1 Å². The maximum Gasteiger partial charge on any atom is 0.126 e. The molecule has 0 amide bonds. The minimum absolute atomic E-state index is 0.192. The highest BCUT2D eigenvalue weighted by Crippen LogP contribution is 2.25. The molecule has 0 saturated carbocycles. The fourth-order valence-corrected chi connectivity index (χ4v) is 1.57. The molecular formula is C14H20O4. The van der Waals surface area contributed by atoms with Crippen LogP contribution in [0, 0.1) is 0 Å². The number of hydrogen-bond acceptors (Lipinski definition) is 4. The van der Waals surface area contributed by atoms with Crippen LogP contribution < -0.4 is 9.47 Å². The Kier molecular flexibility index (Phi) is 6.25. The molecule has 0 aliphatic carbocycles. The molecular weight excluding hydrogens is 232 g/mol. The van der Waals surface area contributed by atoms with Crippen molar-refractivity contribution >= 4 is 0 Å². The van der Waals surface area contributed by atoms with Gasteiger partial charge >= 0.3 is 0 Å². The highest BCUT2D eigenvalue weighted by molar-refractivity contribution is 5.41. The summed E-state index contributed by atoms with van der Waals surface area (Å²) in [7, 11) is 3.15. The lowest BCUT2D eigenvalue weighted by atomic mass is 10.1. The molecule has 1 N–H and O–H groups in total. The molecule has 0 bridgehead atoms. The van der Waals surface area contributed by atoms with E-state index in [0.717, 1.165) is 17.7 Å². The molecule has 1 rings (SSSR count). The maximum atomic E-state index is 9.48. The third kappa shape index (κ3) is 4.39. The molecule has 0 saturated heterocycles. The number of rotatable bonds is 8. The summed E-state index contributed by atoms with van der Waals surface area (Å²) in [5, 5.41) is 9.48. The van der Waals surface area contributed by atoms with E-state index in [4.69, 9.17) is 14.2 Å². The number of aliphatic hydroxyl groups excluding tert-OH is 1. The molecule has 0 radical (unpaired) electrons. The van der Waals surface area contributed by atoms with Crippen LogP contribution in [0.1, 0.15) is 5.56 Å². The summed E-state index contributed by atoms with van der Waals surface area (Å²) in [6, 6.07) is 5.58. The first kappa shape index (κ1) is 14.5. The standard InChI is InChI=1S/C14H20O4/c1-4-5-11-6-7-13(8-14(11)17-3)18-10-12(15)9-16-2/h4,6-8,12,15H,1,5,9-10H2,2-3H3. The van der Waals surface area contributed by atoms with Gasteiger partial charge in [-0.05, 0) is 18.1 Å². The maximum absolute atomic E-state index is 9.48. The van der Waals surface area contributed by atoms with E-state index < -0.39 is 6.10 Å². The smallest absolute Gasteiger partial charge is 0.126 e. The predicted molar refractivity (Wildman–Crippen MR) is 70.3 cm³/mol. The quantitative estimate of drug-likeness (QED) is 0.717. The predicted octanol–water partition coefficient (Wildman–Crippen LogP) is 1.81. The van der Waals surface area contributed by atoms with E-state index in [1.165, 1.54) is 7.11 Å². The van der Waals surface area contributed by atoms with Crippen molar-refractivity contribution in [3.8, 4) is 11.5 Å². The molecule has 0 aromatic heterocycles. The monoisotopic (exact) mass is 252 g/mol. The molecule has 0 aliphatic rings. The molecule has 0 heterocycles. The van der Waals surface area contributed by atoms with E-state index in [1.54, 1.807) is 13.2 Å². The number of aliphatic hydroxyl groups is 1. The molecule has 1 aromatic carbocycles. The Morgan fingerprint density at radius 3 is 2.72 bits per heavy atom. The first-order valence-electron chi connectivity index (χ1n) is 5.78. The minimum Gasteiger partial charge on any atom is -0.496 e. The first-order valence-corrected chi connectivity index (χ1v) is 5.78. The molecule has 100 valence electrons. The van der Waals surface area contributed by atoms with Crippen molar-refractivity contribution in [3.63, 3.8) is 0 Å². The average molecular weight is 252 g/mol. The number of ether oxygens (including phenoxy) is 3. The Hall–Kier alpha value is -1.52. The Bertz CT molecular complexity index is 376. The van der Waals surface area contributed by atoms with E-state index in [0.29, 0.717) is 5.75 Å². The summed E-state index contributed by atoms with van der Waals surface area (Å²) in [5.74, 6) is 1.42. The number of hydrogen-bond donors (Lipinski definition) is 1. The zero-order valence-corrected chi connectivity index (χ0v) is 10.9. The zero-order chi connectivity index (χ0) is 13.4. The topological polar surface area (TPSA) is 47.9 Å². The highest BCUT2D eigenvalue weighted by atomic mass is 16.5. The molecule has 0 aliphatic heterocycles. The fourth-order valence-electron chi connectivity index (χ4n) is 1.57. The molecule has 1 unspecified atom stereocenters. The lowest BCUT2D eigenvalue weighted by Crippen LogP contribution is -2.22. The van der Waals surface area contributed by atoms with Gasteiger partial charge in [0.25, 0.3) is 0 Å². The minimum atomic E-state index is -0.631. The van der Waals surface area contributed by atoms with E-state index in [9.17, 15) is 5.11 Å². The lowest BCUT2D eigenvalue weighted by molar-refractivity contribution is 0.0325. The van der Waals surface area contributed by atoms with Crippen LogP contribution in [0.2, 0.25) is 0 Å². The van der Waals surface area contributed by atoms with Crippen LogP contribution >= 0.6 is 0 Å². The Labute approximate surface area is 108 Å². The Morgan fingerprint density at radius 2 is 2.11 bits per heavy atom. The van der Waals surface area contributed by atoms with Crippen LogP contribution in [-0.4, -0.2) is 38.6 Å². The normalized spacial score (nSPS) is 11.9. The second kappa shape index (κ2) is 7.74. The van der Waals surface area contributed by atoms with E-state index in [-0.39, 0.29) is 13.2 Å². The number of benzene rings is 1. The van der Waals surface area contributed by atoms with Crippen molar-refractivity contribution in [2.45, 2.75) is 12.5 Å². The van der Waals surface area contributed by atoms with Crippen LogP contribution in [-0.2, 0) is 11.2 Å². The summed E-state index contributed by atoms with van der Waals surface area (Å²) >= 11 is 0. The van der Waals surface area contributed by atoms with Gasteiger partial charge in [0, 0.05) is 13.2 Å². The van der Waals surface area contributed by atoms with Gasteiger partial charge in [-0.25, -0.2) is 0 Å². The first-order chi connectivity index (χ1) is 8.71. The van der Waals surface area contributed by atoms with Crippen molar-refractivity contribution in [2.24, 2.45) is 0 Å². The van der Waals surface area contributed by atoms with Gasteiger partial charge in [0.05, 0.1) is 13.7 Å². The van der Waals surface area contributed by atoms with Crippen molar-refractivity contribution in [2.75, 3.05) is 27.4 Å². The molecule has 0 spiro atoms. The van der Waals surface area contributed by atoms with Crippen LogP contribution in [0.5, 0.6) is 11.5 Å². The van der Waals surface area contributed by atoms with Crippen molar-refractivity contribution < 1.29 is 19.3 Å². The van der Waals surface area contributed by atoms with Gasteiger partial charge in [-0.15, -0.1) is 6.58 Å². The van der Waals surface area contributed by atoms with E-state index in [2.05, 4.69) is 6.58 Å². The average Bonchev–Trinajstić information content (AvgIpc) is 2.38. The third-order valence-corrected chi connectivity index (χ3v) is 2.42. The van der Waals surface area contributed by atoms with Gasteiger partial charge < -0.3 is 19.3 Å². The van der Waals surface area contributed by atoms with Crippen molar-refractivity contribution in [3.05, 3.63) is 36.4 Å². The third-order valence-electron chi connectivity index (χ3n) is 2.42. The number of methoxy groups -OCH3 is 2. The summed E-state index contributed by atoms with van der Waals surface area (Å²) < 4.78 is 15.6.